The summed E-state index contributed by atoms with van der Waals surface area (Å²) < 4.78 is 51.8. The summed E-state index contributed by atoms with van der Waals surface area (Å²) in [5, 5.41) is 8.38. The molecular weight excluding hydrogens is 244 g/mol. The molecule has 1 aromatic heterocycles. The Morgan fingerprint density at radius 1 is 1.47 bits per heavy atom. The van der Waals surface area contributed by atoms with Crippen LogP contribution in [0.25, 0.3) is 0 Å². The van der Waals surface area contributed by atoms with E-state index in [9.17, 15) is 22.4 Å². The van der Waals surface area contributed by atoms with Crippen LogP contribution in [-0.4, -0.2) is 11.3 Å². The maximum Gasteiger partial charge on any atom is 0.574 e. The van der Waals surface area contributed by atoms with Gasteiger partial charge in [0, 0.05) is 6.07 Å². The van der Waals surface area contributed by atoms with E-state index in [1.165, 1.54) is 6.07 Å². The van der Waals surface area contributed by atoms with Crippen molar-refractivity contribution in [1.82, 2.24) is 4.98 Å². The molecule has 0 aromatic carbocycles. The van der Waals surface area contributed by atoms with Crippen molar-refractivity contribution >= 4 is 0 Å². The van der Waals surface area contributed by atoms with Crippen LogP contribution in [0, 0.1) is 11.3 Å². The fraction of sp³-hybridized carbons (Fsp3) is 0.333. The summed E-state index contributed by atoms with van der Waals surface area (Å²) in [6.07, 6.45) is -5.59. The van der Waals surface area contributed by atoms with Gasteiger partial charge in [-0.3, -0.25) is 4.79 Å². The van der Waals surface area contributed by atoms with Crippen LogP contribution in [0.2, 0.25) is 0 Å². The monoisotopic (exact) mass is 250 g/mol. The molecule has 92 valence electrons. The molecule has 4 nitrogen and oxygen atoms in total. The lowest BCUT2D eigenvalue weighted by molar-refractivity contribution is -0.276. The van der Waals surface area contributed by atoms with Gasteiger partial charge in [-0.1, -0.05) is 0 Å². The second kappa shape index (κ2) is 4.86. The van der Waals surface area contributed by atoms with Crippen LogP contribution in [0.15, 0.2) is 10.9 Å². The van der Waals surface area contributed by atoms with Gasteiger partial charge >= 0.3 is 6.36 Å². The highest BCUT2D eigenvalue weighted by Gasteiger charge is 2.33. The van der Waals surface area contributed by atoms with E-state index in [0.29, 0.717) is 0 Å². The van der Waals surface area contributed by atoms with Gasteiger partial charge in [0.1, 0.15) is 6.67 Å². The average molecular weight is 250 g/mol. The van der Waals surface area contributed by atoms with Gasteiger partial charge in [0.05, 0.1) is 23.7 Å². The highest BCUT2D eigenvalue weighted by molar-refractivity contribution is 5.30. The summed E-state index contributed by atoms with van der Waals surface area (Å²) >= 11 is 0. The van der Waals surface area contributed by atoms with Crippen molar-refractivity contribution in [3.8, 4) is 11.9 Å². The number of aromatic nitrogens is 1. The zero-order valence-corrected chi connectivity index (χ0v) is 8.27. The largest absolute Gasteiger partial charge is 0.574 e. The Morgan fingerprint density at radius 2 is 2.12 bits per heavy atom. The Balaban J connectivity index is 3.28. The fourth-order valence-electron chi connectivity index (χ4n) is 1.14. The van der Waals surface area contributed by atoms with Gasteiger partial charge in [-0.15, -0.1) is 13.2 Å². The third-order valence-electron chi connectivity index (χ3n) is 1.77. The van der Waals surface area contributed by atoms with Crippen LogP contribution in [0.3, 0.4) is 0 Å². The number of ether oxygens (including phenoxy) is 1. The third kappa shape index (κ3) is 3.48. The smallest absolute Gasteiger partial charge is 0.389 e. The Morgan fingerprint density at radius 3 is 2.59 bits per heavy atom. The van der Waals surface area contributed by atoms with Crippen molar-refractivity contribution in [1.29, 1.82) is 5.26 Å². The van der Waals surface area contributed by atoms with Crippen molar-refractivity contribution in [2.45, 2.75) is 19.5 Å². The summed E-state index contributed by atoms with van der Waals surface area (Å²) in [5.74, 6) is -0.945. The van der Waals surface area contributed by atoms with E-state index in [4.69, 9.17) is 5.26 Å². The van der Waals surface area contributed by atoms with Gasteiger partial charge < -0.3 is 9.72 Å². The van der Waals surface area contributed by atoms with E-state index in [-0.39, 0.29) is 5.69 Å². The van der Waals surface area contributed by atoms with Crippen molar-refractivity contribution in [3.05, 3.63) is 27.5 Å². The Bertz CT molecular complexity index is 501. The second-order valence-electron chi connectivity index (χ2n) is 2.98. The first-order valence-electron chi connectivity index (χ1n) is 4.31. The number of H-pyrrole nitrogens is 1. The molecule has 0 aliphatic rings. The van der Waals surface area contributed by atoms with Crippen LogP contribution >= 0.6 is 0 Å². The van der Waals surface area contributed by atoms with Crippen LogP contribution in [-0.2, 0) is 13.1 Å². The van der Waals surface area contributed by atoms with Gasteiger partial charge in [0.15, 0.2) is 5.43 Å². The quantitative estimate of drug-likeness (QED) is 0.832. The van der Waals surface area contributed by atoms with Crippen LogP contribution in [0.4, 0.5) is 17.6 Å². The van der Waals surface area contributed by atoms with Gasteiger partial charge in [-0.05, 0) is 0 Å². The molecule has 0 spiro atoms. The van der Waals surface area contributed by atoms with Crippen molar-refractivity contribution in [2.24, 2.45) is 0 Å². The molecule has 0 bridgehead atoms. The van der Waals surface area contributed by atoms with Crippen molar-refractivity contribution in [3.63, 3.8) is 0 Å². The highest BCUT2D eigenvalue weighted by atomic mass is 19.4. The first-order valence-corrected chi connectivity index (χ1v) is 4.31. The van der Waals surface area contributed by atoms with Crippen LogP contribution in [0.5, 0.6) is 5.88 Å². The lowest BCUT2D eigenvalue weighted by Crippen LogP contribution is -2.22. The molecule has 0 atom stereocenters. The maximum absolute atomic E-state index is 12.3. The van der Waals surface area contributed by atoms with E-state index >= 15 is 0 Å². The minimum absolute atomic E-state index is 0.351. The first-order chi connectivity index (χ1) is 7.87. The molecule has 0 aliphatic heterocycles. The number of pyridine rings is 1. The van der Waals surface area contributed by atoms with E-state index in [1.807, 2.05) is 4.98 Å². The number of alkyl halides is 4. The standard InChI is InChI=1S/C9H6F4N2O2/c10-4-5-3-7(16)6(1-2-14)8(15-5)17-9(11,12)13/h3H,1,4H2,(H,15,16). The predicted molar refractivity (Wildman–Crippen MR) is 47.9 cm³/mol. The molecule has 0 radical (unpaired) electrons. The lowest BCUT2D eigenvalue weighted by atomic mass is 10.2. The summed E-state index contributed by atoms with van der Waals surface area (Å²) in [7, 11) is 0. The van der Waals surface area contributed by atoms with E-state index in [0.717, 1.165) is 6.07 Å². The summed E-state index contributed by atoms with van der Waals surface area (Å²) in [4.78, 5) is 13.3. The third-order valence-corrected chi connectivity index (χ3v) is 1.77. The molecule has 1 heterocycles. The summed E-state index contributed by atoms with van der Waals surface area (Å²) in [5.41, 5.74) is -1.71. The first kappa shape index (κ1) is 13.0. The molecule has 0 saturated carbocycles. The molecule has 0 saturated heterocycles. The molecular formula is C9H6F4N2O2. The SMILES string of the molecule is N#CCc1c(OC(F)(F)F)[nH]c(CF)cc1=O. The zero-order valence-electron chi connectivity index (χ0n) is 8.27. The highest BCUT2D eigenvalue weighted by Crippen LogP contribution is 2.23. The van der Waals surface area contributed by atoms with Gasteiger partial charge in [0.2, 0.25) is 5.88 Å². The Kier molecular flexibility index (Phi) is 3.73. The Labute approximate surface area is 92.4 Å². The zero-order chi connectivity index (χ0) is 13.1. The number of rotatable bonds is 3. The lowest BCUT2D eigenvalue weighted by Gasteiger charge is -2.12. The molecule has 0 fully saturated rings. The number of halogens is 4. The Hall–Kier alpha value is -2.04. The van der Waals surface area contributed by atoms with Crippen molar-refractivity contribution < 1.29 is 22.3 Å². The molecule has 1 aromatic rings. The number of nitriles is 1. The van der Waals surface area contributed by atoms with E-state index in [2.05, 4.69) is 4.74 Å². The van der Waals surface area contributed by atoms with E-state index in [1.54, 1.807) is 0 Å². The topological polar surface area (TPSA) is 65.9 Å². The van der Waals surface area contributed by atoms with Gasteiger partial charge in [-0.25, -0.2) is 4.39 Å². The van der Waals surface area contributed by atoms with Crippen molar-refractivity contribution in [2.75, 3.05) is 0 Å². The van der Waals surface area contributed by atoms with Gasteiger partial charge in [-0.2, -0.15) is 5.26 Å². The van der Waals surface area contributed by atoms with Gasteiger partial charge in [0.25, 0.3) is 0 Å². The maximum atomic E-state index is 12.3. The van der Waals surface area contributed by atoms with Crippen LogP contribution < -0.4 is 10.2 Å². The minimum Gasteiger partial charge on any atom is -0.389 e. The summed E-state index contributed by atoms with van der Waals surface area (Å²) in [6.45, 7) is -1.14. The number of hydrogen-bond donors (Lipinski definition) is 1. The average Bonchev–Trinajstić information content (AvgIpc) is 2.20. The molecule has 8 heteroatoms. The molecule has 17 heavy (non-hydrogen) atoms. The summed E-state index contributed by atoms with van der Waals surface area (Å²) in [6, 6.07) is 2.31. The minimum atomic E-state index is -5.03. The number of aromatic amines is 1. The predicted octanol–water partition coefficient (Wildman–Crippen LogP) is 1.81. The normalized spacial score (nSPS) is 11.0. The fourth-order valence-corrected chi connectivity index (χ4v) is 1.14. The molecule has 1 rings (SSSR count). The van der Waals surface area contributed by atoms with E-state index < -0.39 is 36.3 Å². The molecule has 0 amide bonds. The molecule has 1 N–H and O–H groups in total. The number of hydrogen-bond acceptors (Lipinski definition) is 3. The number of nitrogens with one attached hydrogen (secondary N) is 1. The molecule has 0 aliphatic carbocycles. The number of nitrogens with zero attached hydrogens (tertiary/aromatic N) is 1. The molecule has 0 unspecified atom stereocenters. The van der Waals surface area contributed by atoms with Crippen LogP contribution in [0.1, 0.15) is 11.3 Å². The second-order valence-corrected chi connectivity index (χ2v) is 2.98.